The summed E-state index contributed by atoms with van der Waals surface area (Å²) in [5.41, 5.74) is 1.16. The van der Waals surface area contributed by atoms with E-state index in [1.165, 1.54) is 17.4 Å². The number of nitrogens with one attached hydrogen (secondary N) is 1. The van der Waals surface area contributed by atoms with Crippen LogP contribution in [0.4, 0.5) is 8.78 Å². The summed E-state index contributed by atoms with van der Waals surface area (Å²) in [6.07, 6.45) is -0.379. The van der Waals surface area contributed by atoms with E-state index in [9.17, 15) is 18.7 Å². The average Bonchev–Trinajstić information content (AvgIpc) is 2.97. The van der Waals surface area contributed by atoms with Gasteiger partial charge < -0.3 is 10.4 Å². The number of aryl methyl sites for hydroxylation is 1. The molecule has 0 spiro atoms. The molecule has 1 heterocycles. The lowest BCUT2D eigenvalue weighted by Gasteiger charge is -2.20. The zero-order valence-corrected chi connectivity index (χ0v) is 13.1. The van der Waals surface area contributed by atoms with Gasteiger partial charge in [0.25, 0.3) is 5.91 Å². The lowest BCUT2D eigenvalue weighted by Crippen LogP contribution is -2.37. The van der Waals surface area contributed by atoms with Crippen LogP contribution in [-0.4, -0.2) is 17.1 Å². The Morgan fingerprint density at radius 3 is 2.68 bits per heavy atom. The van der Waals surface area contributed by atoms with Gasteiger partial charge in [0.1, 0.15) is 0 Å². The smallest absolute Gasteiger partial charge is 0.261 e. The van der Waals surface area contributed by atoms with Gasteiger partial charge in [-0.25, -0.2) is 8.78 Å². The van der Waals surface area contributed by atoms with Crippen LogP contribution in [0.1, 0.15) is 40.8 Å². The van der Waals surface area contributed by atoms with Crippen LogP contribution < -0.4 is 5.32 Å². The third-order valence-electron chi connectivity index (χ3n) is 3.45. The van der Waals surface area contributed by atoms with Gasteiger partial charge in [-0.15, -0.1) is 11.3 Å². The fraction of sp³-hybridized carbons (Fsp3) is 0.312. The number of rotatable bonds is 5. The number of thiophene rings is 1. The summed E-state index contributed by atoms with van der Waals surface area (Å²) >= 11 is 1.33. The van der Waals surface area contributed by atoms with Gasteiger partial charge in [-0.3, -0.25) is 4.79 Å². The predicted octanol–water partition coefficient (Wildman–Crippen LogP) is 3.44. The summed E-state index contributed by atoms with van der Waals surface area (Å²) in [6.45, 7) is 3.57. The van der Waals surface area contributed by atoms with E-state index >= 15 is 0 Å². The Morgan fingerprint density at radius 2 is 2.05 bits per heavy atom. The summed E-state index contributed by atoms with van der Waals surface area (Å²) in [5, 5.41) is 14.7. The highest BCUT2D eigenvalue weighted by Gasteiger charge is 2.21. The van der Waals surface area contributed by atoms with Crippen molar-refractivity contribution < 1.29 is 18.7 Å². The lowest BCUT2D eigenvalue weighted by atomic mass is 10.0. The van der Waals surface area contributed by atoms with Gasteiger partial charge in [-0.05, 0) is 48.1 Å². The predicted molar refractivity (Wildman–Crippen MR) is 81.9 cm³/mol. The standard InChI is InChI=1S/C16H17F2NO2S/c1-3-10-6-7-22-15(10)16(21)19-9(2)14(20)11-4-5-12(17)13(18)8-11/h4-9,14,20H,3H2,1-2H3,(H,19,21). The monoisotopic (exact) mass is 325 g/mol. The molecule has 0 aliphatic carbocycles. The minimum absolute atomic E-state index is 0.216. The topological polar surface area (TPSA) is 49.3 Å². The van der Waals surface area contributed by atoms with Gasteiger partial charge in [0.15, 0.2) is 11.6 Å². The van der Waals surface area contributed by atoms with Crippen molar-refractivity contribution in [2.75, 3.05) is 0 Å². The molecule has 0 saturated heterocycles. The maximum atomic E-state index is 13.2. The molecule has 0 aliphatic rings. The third kappa shape index (κ3) is 3.51. The number of aliphatic hydroxyl groups is 1. The second-order valence-corrected chi connectivity index (χ2v) is 5.93. The van der Waals surface area contributed by atoms with Crippen molar-refractivity contribution in [3.05, 3.63) is 57.3 Å². The maximum absolute atomic E-state index is 13.2. The summed E-state index contributed by atoms with van der Waals surface area (Å²) in [7, 11) is 0. The van der Waals surface area contributed by atoms with Crippen LogP contribution >= 0.6 is 11.3 Å². The normalized spacial score (nSPS) is 13.7. The summed E-state index contributed by atoms with van der Waals surface area (Å²) < 4.78 is 26.1. The molecule has 1 aromatic carbocycles. The zero-order chi connectivity index (χ0) is 16.3. The molecular formula is C16H17F2NO2S. The highest BCUT2D eigenvalue weighted by atomic mass is 32.1. The largest absolute Gasteiger partial charge is 0.386 e. The SMILES string of the molecule is CCc1ccsc1C(=O)NC(C)C(O)c1ccc(F)c(F)c1. The fourth-order valence-electron chi connectivity index (χ4n) is 2.15. The first-order valence-electron chi connectivity index (χ1n) is 6.94. The van der Waals surface area contributed by atoms with Crippen molar-refractivity contribution in [2.45, 2.75) is 32.4 Å². The Hall–Kier alpha value is -1.79. The number of halogens is 2. The summed E-state index contributed by atoms with van der Waals surface area (Å²) in [5.74, 6) is -2.28. The van der Waals surface area contributed by atoms with Crippen molar-refractivity contribution in [3.8, 4) is 0 Å². The molecule has 1 amide bonds. The van der Waals surface area contributed by atoms with E-state index in [2.05, 4.69) is 5.32 Å². The van der Waals surface area contributed by atoms with E-state index in [-0.39, 0.29) is 11.5 Å². The van der Waals surface area contributed by atoms with Crippen molar-refractivity contribution in [1.29, 1.82) is 0 Å². The number of benzene rings is 1. The van der Waals surface area contributed by atoms with E-state index in [4.69, 9.17) is 0 Å². The van der Waals surface area contributed by atoms with E-state index in [1.54, 1.807) is 6.92 Å². The molecule has 118 valence electrons. The zero-order valence-electron chi connectivity index (χ0n) is 12.3. The highest BCUT2D eigenvalue weighted by molar-refractivity contribution is 7.12. The molecule has 0 fully saturated rings. The molecular weight excluding hydrogens is 308 g/mol. The first-order chi connectivity index (χ1) is 10.4. The second-order valence-electron chi connectivity index (χ2n) is 5.01. The van der Waals surface area contributed by atoms with Crippen LogP contribution in [0.2, 0.25) is 0 Å². The first-order valence-corrected chi connectivity index (χ1v) is 7.82. The highest BCUT2D eigenvalue weighted by Crippen LogP contribution is 2.21. The molecule has 3 nitrogen and oxygen atoms in total. The molecule has 6 heteroatoms. The van der Waals surface area contributed by atoms with Gasteiger partial charge >= 0.3 is 0 Å². The number of carbonyl (C=O) groups is 1. The molecule has 2 N–H and O–H groups in total. The van der Waals surface area contributed by atoms with Crippen LogP contribution in [0.5, 0.6) is 0 Å². The van der Waals surface area contributed by atoms with Crippen molar-refractivity contribution in [1.82, 2.24) is 5.32 Å². The minimum Gasteiger partial charge on any atom is -0.386 e. The molecule has 0 bridgehead atoms. The van der Waals surface area contributed by atoms with Crippen LogP contribution in [0.25, 0.3) is 0 Å². The molecule has 2 rings (SSSR count). The number of hydrogen-bond donors (Lipinski definition) is 2. The van der Waals surface area contributed by atoms with Crippen molar-refractivity contribution >= 4 is 17.2 Å². The molecule has 2 atom stereocenters. The maximum Gasteiger partial charge on any atom is 0.261 e. The summed E-state index contributed by atoms with van der Waals surface area (Å²) in [6, 6.07) is 4.44. The van der Waals surface area contributed by atoms with Gasteiger partial charge in [-0.1, -0.05) is 13.0 Å². The first kappa shape index (κ1) is 16.6. The Balaban J connectivity index is 2.09. The van der Waals surface area contributed by atoms with Crippen LogP contribution in [0, 0.1) is 11.6 Å². The number of aliphatic hydroxyl groups excluding tert-OH is 1. The van der Waals surface area contributed by atoms with Gasteiger partial charge in [0.2, 0.25) is 0 Å². The Labute approximate surface area is 131 Å². The average molecular weight is 325 g/mol. The fourth-order valence-corrected chi connectivity index (χ4v) is 3.05. The van der Waals surface area contributed by atoms with E-state index in [0.717, 1.165) is 24.1 Å². The quantitative estimate of drug-likeness (QED) is 0.885. The van der Waals surface area contributed by atoms with Crippen LogP contribution in [-0.2, 0) is 6.42 Å². The number of amides is 1. The Morgan fingerprint density at radius 1 is 1.32 bits per heavy atom. The van der Waals surface area contributed by atoms with Crippen molar-refractivity contribution in [2.24, 2.45) is 0 Å². The molecule has 2 unspecified atom stereocenters. The lowest BCUT2D eigenvalue weighted by molar-refractivity contribution is 0.0854. The Bertz CT molecular complexity index is 672. The van der Waals surface area contributed by atoms with Gasteiger partial charge in [0, 0.05) is 0 Å². The molecule has 0 saturated carbocycles. The molecule has 22 heavy (non-hydrogen) atoms. The van der Waals surface area contributed by atoms with Gasteiger partial charge in [-0.2, -0.15) is 0 Å². The minimum atomic E-state index is -1.12. The summed E-state index contributed by atoms with van der Waals surface area (Å²) in [4.78, 5) is 12.8. The number of carbonyl (C=O) groups excluding carboxylic acids is 1. The van der Waals surface area contributed by atoms with E-state index < -0.39 is 23.8 Å². The molecule has 0 aliphatic heterocycles. The molecule has 2 aromatic rings. The van der Waals surface area contributed by atoms with Crippen LogP contribution in [0.15, 0.2) is 29.6 Å². The second kappa shape index (κ2) is 6.98. The molecule has 1 aromatic heterocycles. The van der Waals surface area contributed by atoms with E-state index in [1.807, 2.05) is 18.4 Å². The molecule has 0 radical (unpaired) electrons. The van der Waals surface area contributed by atoms with Crippen LogP contribution in [0.3, 0.4) is 0 Å². The number of hydrogen-bond acceptors (Lipinski definition) is 3. The van der Waals surface area contributed by atoms with E-state index in [0.29, 0.717) is 4.88 Å². The van der Waals surface area contributed by atoms with Crippen molar-refractivity contribution in [3.63, 3.8) is 0 Å². The third-order valence-corrected chi connectivity index (χ3v) is 4.41. The van der Waals surface area contributed by atoms with Gasteiger partial charge in [0.05, 0.1) is 17.0 Å². The Kier molecular flexibility index (Phi) is 5.26.